The number of amides is 1. The maximum atomic E-state index is 12.3. The zero-order valence-corrected chi connectivity index (χ0v) is 12.8. The van der Waals surface area contributed by atoms with Crippen LogP contribution in [0.25, 0.3) is 0 Å². The van der Waals surface area contributed by atoms with E-state index in [-0.39, 0.29) is 12.5 Å². The number of aliphatic hydroxyl groups is 2. The number of ether oxygens (including phenoxy) is 3. The van der Waals surface area contributed by atoms with Crippen LogP contribution in [0.5, 0.6) is 11.5 Å². The summed E-state index contributed by atoms with van der Waals surface area (Å²) < 4.78 is 15.7. The van der Waals surface area contributed by atoms with Crippen molar-refractivity contribution >= 4 is 5.91 Å². The summed E-state index contributed by atoms with van der Waals surface area (Å²) in [6, 6.07) is 4.21. The van der Waals surface area contributed by atoms with E-state index in [0.29, 0.717) is 17.1 Å². The van der Waals surface area contributed by atoms with Crippen molar-refractivity contribution in [3.8, 4) is 11.5 Å². The number of rotatable bonds is 5. The summed E-state index contributed by atoms with van der Waals surface area (Å²) >= 11 is 0. The van der Waals surface area contributed by atoms with Crippen molar-refractivity contribution in [2.45, 2.75) is 31.3 Å². The fourth-order valence-corrected chi connectivity index (χ4v) is 2.52. The topological polar surface area (TPSA) is 97.3 Å². The number of carbonyl (C=O) groups excluding carboxylic acids is 1. The van der Waals surface area contributed by atoms with Crippen molar-refractivity contribution in [3.05, 3.63) is 23.8 Å². The van der Waals surface area contributed by atoms with Crippen LogP contribution in [0.3, 0.4) is 0 Å². The molecule has 22 heavy (non-hydrogen) atoms. The molecule has 122 valence electrons. The minimum Gasteiger partial charge on any atom is -0.493 e. The third kappa shape index (κ3) is 3.16. The number of benzene rings is 1. The van der Waals surface area contributed by atoms with Gasteiger partial charge in [-0.1, -0.05) is 0 Å². The summed E-state index contributed by atoms with van der Waals surface area (Å²) in [5.41, 5.74) is 0.379. The molecule has 0 saturated carbocycles. The van der Waals surface area contributed by atoms with Gasteiger partial charge in [-0.25, -0.2) is 0 Å². The van der Waals surface area contributed by atoms with Crippen molar-refractivity contribution in [1.29, 1.82) is 0 Å². The number of nitrogens with one attached hydrogen (secondary N) is 1. The van der Waals surface area contributed by atoms with Crippen molar-refractivity contribution in [3.63, 3.8) is 0 Å². The number of carbonyl (C=O) groups is 1. The van der Waals surface area contributed by atoms with Crippen LogP contribution in [-0.2, 0) is 4.74 Å². The molecule has 1 aromatic rings. The smallest absolute Gasteiger partial charge is 0.251 e. The van der Waals surface area contributed by atoms with Gasteiger partial charge in [0.1, 0.15) is 12.2 Å². The Balaban J connectivity index is 2.12. The van der Waals surface area contributed by atoms with E-state index in [1.165, 1.54) is 14.2 Å². The van der Waals surface area contributed by atoms with E-state index in [1.54, 1.807) is 25.1 Å². The molecule has 7 nitrogen and oxygen atoms in total. The highest BCUT2D eigenvalue weighted by atomic mass is 16.5. The minimum absolute atomic E-state index is 0.297. The highest BCUT2D eigenvalue weighted by molar-refractivity contribution is 5.95. The Hall–Kier alpha value is -1.83. The second kappa shape index (κ2) is 6.95. The second-order valence-electron chi connectivity index (χ2n) is 5.12. The van der Waals surface area contributed by atoms with Gasteiger partial charge in [0.25, 0.3) is 5.91 Å². The summed E-state index contributed by atoms with van der Waals surface area (Å²) in [5.74, 6) is 0.607. The molecule has 0 bridgehead atoms. The molecular weight excluding hydrogens is 290 g/mol. The van der Waals surface area contributed by atoms with E-state index in [1.807, 2.05) is 0 Å². The van der Waals surface area contributed by atoms with E-state index in [4.69, 9.17) is 19.3 Å². The summed E-state index contributed by atoms with van der Waals surface area (Å²) in [6.07, 6.45) is -2.04. The van der Waals surface area contributed by atoms with Gasteiger partial charge in [0.2, 0.25) is 0 Å². The van der Waals surface area contributed by atoms with Crippen LogP contribution in [0.1, 0.15) is 17.3 Å². The zero-order chi connectivity index (χ0) is 16.3. The molecule has 0 spiro atoms. The molecule has 1 amide bonds. The quantitative estimate of drug-likeness (QED) is 0.705. The predicted molar refractivity (Wildman–Crippen MR) is 78.2 cm³/mol. The minimum atomic E-state index is -0.955. The van der Waals surface area contributed by atoms with Crippen LogP contribution in [0, 0.1) is 0 Å². The van der Waals surface area contributed by atoms with E-state index in [9.17, 15) is 9.90 Å². The molecule has 0 radical (unpaired) electrons. The highest BCUT2D eigenvalue weighted by Crippen LogP contribution is 2.28. The lowest BCUT2D eigenvalue weighted by Crippen LogP contribution is -2.47. The van der Waals surface area contributed by atoms with Gasteiger partial charge < -0.3 is 29.7 Å². The maximum absolute atomic E-state index is 12.3. The zero-order valence-electron chi connectivity index (χ0n) is 12.8. The normalized spacial score (nSPS) is 27.5. The third-order valence-electron chi connectivity index (χ3n) is 3.77. The third-order valence-corrected chi connectivity index (χ3v) is 3.77. The molecule has 4 atom stereocenters. The predicted octanol–water partition coefficient (Wildman–Crippen LogP) is -0.0573. The largest absolute Gasteiger partial charge is 0.493 e. The van der Waals surface area contributed by atoms with Crippen molar-refractivity contribution in [2.75, 3.05) is 20.8 Å². The Morgan fingerprint density at radius 2 is 2.00 bits per heavy atom. The molecule has 1 unspecified atom stereocenters. The van der Waals surface area contributed by atoms with Gasteiger partial charge in [0.15, 0.2) is 11.5 Å². The fraction of sp³-hybridized carbons (Fsp3) is 0.533. The van der Waals surface area contributed by atoms with Crippen LogP contribution in [0.4, 0.5) is 0 Å². The van der Waals surface area contributed by atoms with Crippen molar-refractivity contribution in [1.82, 2.24) is 5.32 Å². The fourth-order valence-electron chi connectivity index (χ4n) is 2.52. The van der Waals surface area contributed by atoms with Gasteiger partial charge in [-0.2, -0.15) is 0 Å². The van der Waals surface area contributed by atoms with E-state index in [0.717, 1.165) is 0 Å². The molecule has 0 aromatic heterocycles. The highest BCUT2D eigenvalue weighted by Gasteiger charge is 2.41. The van der Waals surface area contributed by atoms with Crippen LogP contribution >= 0.6 is 0 Å². The Morgan fingerprint density at radius 3 is 2.55 bits per heavy atom. The van der Waals surface area contributed by atoms with E-state index < -0.39 is 24.4 Å². The molecule has 1 fully saturated rings. The Morgan fingerprint density at radius 1 is 1.32 bits per heavy atom. The first-order chi connectivity index (χ1) is 10.5. The first-order valence-corrected chi connectivity index (χ1v) is 6.99. The first-order valence-electron chi connectivity index (χ1n) is 6.99. The number of aliphatic hydroxyl groups excluding tert-OH is 2. The summed E-state index contributed by atoms with van der Waals surface area (Å²) in [6.45, 7) is 1.44. The Kier molecular flexibility index (Phi) is 5.23. The molecule has 1 aliphatic rings. The number of hydrogen-bond donors (Lipinski definition) is 3. The van der Waals surface area contributed by atoms with Gasteiger partial charge >= 0.3 is 0 Å². The van der Waals surface area contributed by atoms with Crippen LogP contribution < -0.4 is 14.8 Å². The SMILES string of the molecule is COc1ccc(C(=O)NC2[C@H](C)O[C@H](CO)[C@@H]2O)cc1OC. The van der Waals surface area contributed by atoms with E-state index >= 15 is 0 Å². The Labute approximate surface area is 128 Å². The number of hydrogen-bond acceptors (Lipinski definition) is 6. The average molecular weight is 311 g/mol. The lowest BCUT2D eigenvalue weighted by Gasteiger charge is -2.19. The maximum Gasteiger partial charge on any atom is 0.251 e. The van der Waals surface area contributed by atoms with Crippen LogP contribution in [-0.4, -0.2) is 61.3 Å². The molecule has 0 aliphatic carbocycles. The number of methoxy groups -OCH3 is 2. The molecule has 1 aromatic carbocycles. The molecule has 2 rings (SSSR count). The van der Waals surface area contributed by atoms with Gasteiger partial charge in [-0.15, -0.1) is 0 Å². The molecular formula is C15H21NO6. The summed E-state index contributed by atoms with van der Waals surface area (Å²) in [4.78, 5) is 12.3. The molecule has 3 N–H and O–H groups in total. The molecule has 7 heteroatoms. The summed E-state index contributed by atoms with van der Waals surface area (Å²) in [7, 11) is 3.00. The first kappa shape index (κ1) is 16.5. The average Bonchev–Trinajstić information content (AvgIpc) is 2.81. The molecule has 1 aliphatic heterocycles. The second-order valence-corrected chi connectivity index (χ2v) is 5.12. The lowest BCUT2D eigenvalue weighted by molar-refractivity contribution is -0.0170. The lowest BCUT2D eigenvalue weighted by atomic mass is 10.0. The van der Waals surface area contributed by atoms with Gasteiger partial charge in [0, 0.05) is 5.56 Å². The monoisotopic (exact) mass is 311 g/mol. The Bertz CT molecular complexity index is 535. The van der Waals surface area contributed by atoms with Gasteiger partial charge in [-0.05, 0) is 25.1 Å². The van der Waals surface area contributed by atoms with E-state index in [2.05, 4.69) is 5.32 Å². The molecule has 1 heterocycles. The van der Waals surface area contributed by atoms with Crippen LogP contribution in [0.15, 0.2) is 18.2 Å². The van der Waals surface area contributed by atoms with Crippen molar-refractivity contribution in [2.24, 2.45) is 0 Å². The van der Waals surface area contributed by atoms with Crippen molar-refractivity contribution < 1.29 is 29.2 Å². The van der Waals surface area contributed by atoms with Gasteiger partial charge in [-0.3, -0.25) is 4.79 Å². The standard InChI is InChI=1S/C15H21NO6/c1-8-13(14(18)12(7-17)22-8)16-15(19)9-4-5-10(20-2)11(6-9)21-3/h4-6,8,12-14,17-18H,7H2,1-3H3,(H,16,19)/t8-,12+,13?,14-/m0/s1. The molecule has 1 saturated heterocycles. The van der Waals surface area contributed by atoms with Crippen LogP contribution in [0.2, 0.25) is 0 Å². The summed E-state index contributed by atoms with van der Waals surface area (Å²) in [5, 5.41) is 21.9. The van der Waals surface area contributed by atoms with Gasteiger partial charge in [0.05, 0.1) is 33.0 Å².